The summed E-state index contributed by atoms with van der Waals surface area (Å²) in [6.07, 6.45) is 0. The summed E-state index contributed by atoms with van der Waals surface area (Å²) in [7, 11) is 1.62. The molecule has 1 aromatic carbocycles. The first-order valence-electron chi connectivity index (χ1n) is 9.69. The molecule has 156 valence electrons. The van der Waals surface area contributed by atoms with Crippen molar-refractivity contribution >= 4 is 22.8 Å². The molecule has 9 heteroatoms. The van der Waals surface area contributed by atoms with Crippen LogP contribution in [0.25, 0.3) is 17.1 Å². The van der Waals surface area contributed by atoms with Gasteiger partial charge in [-0.05, 0) is 45.4 Å². The maximum atomic E-state index is 13.5. The standard InChI is InChI=1S/C21H23ClN6O2/c1-12(2)27-17-18(23-20(27)28-14(4)10-13(3)24-28)25(5)21(30)26(19(17)29)11-15-8-6-7-9-16(15)22/h6-10,12H,11H2,1-5H3. The second-order valence-electron chi connectivity index (χ2n) is 7.71. The lowest BCUT2D eigenvalue weighted by atomic mass is 10.2. The van der Waals surface area contributed by atoms with Crippen LogP contribution in [0.2, 0.25) is 5.02 Å². The average molecular weight is 427 g/mol. The first kappa shape index (κ1) is 20.2. The molecule has 0 saturated carbocycles. The molecular weight excluding hydrogens is 404 g/mol. The van der Waals surface area contributed by atoms with Gasteiger partial charge in [-0.1, -0.05) is 29.8 Å². The fraction of sp³-hybridized carbons (Fsp3) is 0.333. The minimum atomic E-state index is -0.444. The van der Waals surface area contributed by atoms with Gasteiger partial charge >= 0.3 is 5.69 Å². The lowest BCUT2D eigenvalue weighted by molar-refractivity contribution is 0.577. The molecule has 0 atom stereocenters. The lowest BCUT2D eigenvalue weighted by Gasteiger charge is -2.14. The van der Waals surface area contributed by atoms with Crippen molar-refractivity contribution in [1.82, 2.24) is 28.5 Å². The van der Waals surface area contributed by atoms with E-state index in [0.717, 1.165) is 11.4 Å². The van der Waals surface area contributed by atoms with E-state index in [9.17, 15) is 9.59 Å². The summed E-state index contributed by atoms with van der Waals surface area (Å²) in [6.45, 7) is 7.86. The average Bonchev–Trinajstić information content (AvgIpc) is 3.24. The molecule has 0 aliphatic rings. The molecule has 0 bridgehead atoms. The van der Waals surface area contributed by atoms with Gasteiger partial charge in [-0.25, -0.2) is 9.48 Å². The minimum Gasteiger partial charge on any atom is -0.300 e. The SMILES string of the molecule is Cc1cc(C)n(-c2nc3c(c(=O)n(Cc4ccccc4Cl)c(=O)n3C)n2C(C)C)n1. The molecule has 8 nitrogen and oxygen atoms in total. The third-order valence-electron chi connectivity index (χ3n) is 5.16. The molecule has 0 fully saturated rings. The topological polar surface area (TPSA) is 79.6 Å². The first-order valence-corrected chi connectivity index (χ1v) is 10.1. The summed E-state index contributed by atoms with van der Waals surface area (Å²) < 4.78 is 6.15. The Kier molecular flexibility index (Phi) is 4.89. The Morgan fingerprint density at radius 2 is 1.83 bits per heavy atom. The number of aromatic nitrogens is 6. The quantitative estimate of drug-likeness (QED) is 0.502. The molecule has 0 spiro atoms. The second-order valence-corrected chi connectivity index (χ2v) is 8.12. The summed E-state index contributed by atoms with van der Waals surface area (Å²) in [5.41, 5.74) is 2.29. The van der Waals surface area contributed by atoms with Crippen molar-refractivity contribution in [3.05, 3.63) is 73.1 Å². The molecule has 0 radical (unpaired) electrons. The second kappa shape index (κ2) is 7.28. The highest BCUT2D eigenvalue weighted by atomic mass is 35.5. The van der Waals surface area contributed by atoms with E-state index in [0.29, 0.717) is 27.7 Å². The largest absolute Gasteiger partial charge is 0.332 e. The van der Waals surface area contributed by atoms with E-state index in [1.807, 2.05) is 50.5 Å². The molecule has 0 saturated heterocycles. The van der Waals surface area contributed by atoms with Gasteiger partial charge < -0.3 is 0 Å². The Morgan fingerprint density at radius 1 is 1.13 bits per heavy atom. The van der Waals surface area contributed by atoms with Gasteiger partial charge in [0.1, 0.15) is 0 Å². The first-order chi connectivity index (χ1) is 14.2. The highest BCUT2D eigenvalue weighted by molar-refractivity contribution is 6.31. The number of hydrogen-bond donors (Lipinski definition) is 0. The molecule has 4 rings (SSSR count). The van der Waals surface area contributed by atoms with Crippen LogP contribution in [0.1, 0.15) is 36.8 Å². The van der Waals surface area contributed by atoms with Crippen LogP contribution in [0.3, 0.4) is 0 Å². The summed E-state index contributed by atoms with van der Waals surface area (Å²) in [4.78, 5) is 31.2. The lowest BCUT2D eigenvalue weighted by Crippen LogP contribution is -2.40. The summed E-state index contributed by atoms with van der Waals surface area (Å²) in [5.74, 6) is 0.508. The number of rotatable bonds is 4. The molecule has 3 heterocycles. The van der Waals surface area contributed by atoms with Crippen LogP contribution in [0.15, 0.2) is 39.9 Å². The van der Waals surface area contributed by atoms with Crippen molar-refractivity contribution in [2.45, 2.75) is 40.3 Å². The van der Waals surface area contributed by atoms with Crippen molar-refractivity contribution in [3.8, 4) is 5.95 Å². The fourth-order valence-corrected chi connectivity index (χ4v) is 3.93. The smallest absolute Gasteiger partial charge is 0.300 e. The molecule has 0 unspecified atom stereocenters. The predicted molar refractivity (Wildman–Crippen MR) is 117 cm³/mol. The number of hydrogen-bond acceptors (Lipinski definition) is 4. The minimum absolute atomic E-state index is 0.0760. The monoisotopic (exact) mass is 426 g/mol. The van der Waals surface area contributed by atoms with Crippen LogP contribution in [-0.2, 0) is 13.6 Å². The van der Waals surface area contributed by atoms with Gasteiger partial charge in [-0.2, -0.15) is 10.1 Å². The maximum Gasteiger partial charge on any atom is 0.332 e. The number of fused-ring (bicyclic) bond motifs is 1. The van der Waals surface area contributed by atoms with E-state index in [1.165, 1.54) is 9.13 Å². The number of aryl methyl sites for hydroxylation is 3. The molecule has 0 aliphatic heterocycles. The molecule has 0 amide bonds. The third-order valence-corrected chi connectivity index (χ3v) is 5.53. The Balaban J connectivity index is 2.06. The van der Waals surface area contributed by atoms with E-state index >= 15 is 0 Å². The van der Waals surface area contributed by atoms with E-state index in [4.69, 9.17) is 11.6 Å². The highest BCUT2D eigenvalue weighted by Crippen LogP contribution is 2.22. The van der Waals surface area contributed by atoms with Gasteiger partial charge in [0.2, 0.25) is 5.95 Å². The Hall–Kier alpha value is -3.13. The number of halogens is 1. The van der Waals surface area contributed by atoms with Crippen molar-refractivity contribution in [3.63, 3.8) is 0 Å². The number of nitrogens with zero attached hydrogens (tertiary/aromatic N) is 6. The van der Waals surface area contributed by atoms with Gasteiger partial charge in [-0.3, -0.25) is 18.5 Å². The molecular formula is C21H23ClN6O2. The van der Waals surface area contributed by atoms with Crippen molar-refractivity contribution in [1.29, 1.82) is 0 Å². The Morgan fingerprint density at radius 3 is 2.43 bits per heavy atom. The van der Waals surface area contributed by atoms with Crippen LogP contribution >= 0.6 is 11.6 Å². The van der Waals surface area contributed by atoms with E-state index < -0.39 is 11.2 Å². The van der Waals surface area contributed by atoms with Crippen molar-refractivity contribution < 1.29 is 0 Å². The van der Waals surface area contributed by atoms with Crippen molar-refractivity contribution in [2.75, 3.05) is 0 Å². The van der Waals surface area contributed by atoms with Gasteiger partial charge in [0, 0.05) is 23.8 Å². The van der Waals surface area contributed by atoms with E-state index in [1.54, 1.807) is 23.9 Å². The molecule has 0 N–H and O–H groups in total. The van der Waals surface area contributed by atoms with Crippen LogP contribution in [-0.4, -0.2) is 28.5 Å². The van der Waals surface area contributed by atoms with Crippen LogP contribution in [0.5, 0.6) is 0 Å². The molecule has 4 aromatic rings. The van der Waals surface area contributed by atoms with Gasteiger partial charge in [0.05, 0.1) is 12.2 Å². The Bertz CT molecular complexity index is 1390. The zero-order valence-corrected chi connectivity index (χ0v) is 18.3. The van der Waals surface area contributed by atoms with Crippen LogP contribution in [0, 0.1) is 13.8 Å². The summed E-state index contributed by atoms with van der Waals surface area (Å²) >= 11 is 6.27. The van der Waals surface area contributed by atoms with Gasteiger partial charge in [0.15, 0.2) is 11.2 Å². The molecule has 0 aliphatic carbocycles. The predicted octanol–water partition coefficient (Wildman–Crippen LogP) is 2.98. The Labute approximate surface area is 178 Å². The van der Waals surface area contributed by atoms with Gasteiger partial charge in [-0.15, -0.1) is 0 Å². The zero-order chi connectivity index (χ0) is 21.7. The number of imidazole rings is 1. The molecule has 3 aromatic heterocycles. The summed E-state index contributed by atoms with van der Waals surface area (Å²) in [6, 6.07) is 9.05. The summed E-state index contributed by atoms with van der Waals surface area (Å²) in [5, 5.41) is 5.03. The maximum absolute atomic E-state index is 13.5. The fourth-order valence-electron chi connectivity index (χ4n) is 3.73. The van der Waals surface area contributed by atoms with Crippen LogP contribution < -0.4 is 11.2 Å². The third kappa shape index (κ3) is 3.08. The van der Waals surface area contributed by atoms with E-state index in [2.05, 4.69) is 10.1 Å². The van der Waals surface area contributed by atoms with E-state index in [-0.39, 0.29) is 12.6 Å². The zero-order valence-electron chi connectivity index (χ0n) is 17.5. The normalized spacial score (nSPS) is 11.7. The van der Waals surface area contributed by atoms with Gasteiger partial charge in [0.25, 0.3) is 5.56 Å². The van der Waals surface area contributed by atoms with Crippen LogP contribution in [0.4, 0.5) is 0 Å². The highest BCUT2D eigenvalue weighted by Gasteiger charge is 2.24. The number of benzene rings is 1. The molecule has 30 heavy (non-hydrogen) atoms. The van der Waals surface area contributed by atoms with Crippen molar-refractivity contribution in [2.24, 2.45) is 7.05 Å².